The van der Waals surface area contributed by atoms with E-state index in [0.717, 1.165) is 38.5 Å². The third-order valence-corrected chi connectivity index (χ3v) is 4.07. The number of aliphatic hydroxyl groups excluding tert-OH is 3. The van der Waals surface area contributed by atoms with Crippen molar-refractivity contribution >= 4 is 5.97 Å². The van der Waals surface area contributed by atoms with E-state index in [1.807, 2.05) is 6.92 Å². The first-order valence-corrected chi connectivity index (χ1v) is 9.80. The number of hydrogen-bond donors (Lipinski definition) is 3. The van der Waals surface area contributed by atoms with Crippen molar-refractivity contribution < 1.29 is 39.1 Å². The van der Waals surface area contributed by atoms with Crippen LogP contribution in [-0.4, -0.2) is 72.6 Å². The Balaban J connectivity index is 2.63. The lowest BCUT2D eigenvalue weighted by molar-refractivity contribution is -0.149. The Morgan fingerprint density at radius 2 is 1.74 bits per heavy atom. The molecule has 0 spiro atoms. The molecular weight excluding hydrogens is 356 g/mol. The molecule has 0 aromatic heterocycles. The van der Waals surface area contributed by atoms with Gasteiger partial charge in [0.05, 0.1) is 19.8 Å². The maximum absolute atomic E-state index is 12.1. The predicted octanol–water partition coefficient (Wildman–Crippen LogP) is 1.27. The Labute approximate surface area is 161 Å². The molecule has 0 aromatic rings. The monoisotopic (exact) mass is 390 g/mol. The number of carbonyl (C=O) groups excluding carboxylic acids is 1. The number of ether oxygens (including phenoxy) is 4. The maximum atomic E-state index is 12.1. The van der Waals surface area contributed by atoms with Crippen LogP contribution in [0, 0.1) is 0 Å². The van der Waals surface area contributed by atoms with Crippen LogP contribution in [-0.2, 0) is 23.7 Å². The number of unbranched alkanes of at least 4 members (excludes halogenated alkanes) is 4. The molecule has 1 heterocycles. The molecule has 27 heavy (non-hydrogen) atoms. The second kappa shape index (κ2) is 13.8. The van der Waals surface area contributed by atoms with Crippen LogP contribution in [0.2, 0.25) is 0 Å². The normalized spacial score (nSPS) is 19.1. The van der Waals surface area contributed by atoms with Crippen molar-refractivity contribution in [3.05, 3.63) is 11.5 Å². The van der Waals surface area contributed by atoms with E-state index in [4.69, 9.17) is 18.9 Å². The number of aliphatic hydroxyl groups is 3. The van der Waals surface area contributed by atoms with E-state index >= 15 is 0 Å². The molecule has 1 rings (SSSR count). The molecule has 8 nitrogen and oxygen atoms in total. The van der Waals surface area contributed by atoms with Gasteiger partial charge in [0.25, 0.3) is 0 Å². The molecule has 1 aliphatic rings. The number of esters is 1. The van der Waals surface area contributed by atoms with E-state index in [1.54, 1.807) is 0 Å². The third kappa shape index (κ3) is 8.47. The topological polar surface area (TPSA) is 115 Å². The number of cyclic esters (lactones) is 1. The predicted molar refractivity (Wildman–Crippen MR) is 97.8 cm³/mol. The van der Waals surface area contributed by atoms with Crippen LogP contribution in [0.1, 0.15) is 52.4 Å². The van der Waals surface area contributed by atoms with Gasteiger partial charge in [-0.3, -0.25) is 0 Å². The first kappa shape index (κ1) is 23.7. The third-order valence-electron chi connectivity index (χ3n) is 4.07. The zero-order valence-corrected chi connectivity index (χ0v) is 16.4. The fraction of sp³-hybridized carbons (Fsp3) is 0.842. The lowest BCUT2D eigenvalue weighted by Gasteiger charge is -2.20. The molecule has 0 aromatic carbocycles. The van der Waals surface area contributed by atoms with Crippen molar-refractivity contribution in [2.24, 2.45) is 0 Å². The van der Waals surface area contributed by atoms with Crippen LogP contribution in [0.3, 0.4) is 0 Å². The zero-order chi connectivity index (χ0) is 20.1. The van der Waals surface area contributed by atoms with Gasteiger partial charge in [-0.1, -0.05) is 39.5 Å². The summed E-state index contributed by atoms with van der Waals surface area (Å²) in [6.07, 6.45) is 2.44. The molecule has 8 heteroatoms. The lowest BCUT2D eigenvalue weighted by Crippen LogP contribution is -2.33. The first-order chi connectivity index (χ1) is 13.0. The summed E-state index contributed by atoms with van der Waals surface area (Å²) in [5.74, 6) is -0.848. The summed E-state index contributed by atoms with van der Waals surface area (Å²) in [5, 5.41) is 29.0. The quantitative estimate of drug-likeness (QED) is 0.267. The van der Waals surface area contributed by atoms with Crippen molar-refractivity contribution in [2.45, 2.75) is 70.7 Å². The van der Waals surface area contributed by atoms with Gasteiger partial charge in [0.2, 0.25) is 5.76 Å². The SMILES string of the molecule is CCCCCCOC1=C(OCC(O)COCCCC)[C@@H]([C@@H](O)CO)OC1=O. The average Bonchev–Trinajstić information content (AvgIpc) is 2.98. The van der Waals surface area contributed by atoms with Gasteiger partial charge in [-0.25, -0.2) is 4.79 Å². The molecule has 0 aliphatic carbocycles. The lowest BCUT2D eigenvalue weighted by atomic mass is 10.2. The van der Waals surface area contributed by atoms with Gasteiger partial charge in [0, 0.05) is 6.61 Å². The molecule has 3 N–H and O–H groups in total. The van der Waals surface area contributed by atoms with Crippen molar-refractivity contribution in [3.63, 3.8) is 0 Å². The molecule has 0 fully saturated rings. The van der Waals surface area contributed by atoms with E-state index in [2.05, 4.69) is 6.92 Å². The molecule has 1 aliphatic heterocycles. The fourth-order valence-corrected chi connectivity index (χ4v) is 2.48. The van der Waals surface area contributed by atoms with Crippen molar-refractivity contribution in [1.82, 2.24) is 0 Å². The van der Waals surface area contributed by atoms with Crippen molar-refractivity contribution in [3.8, 4) is 0 Å². The van der Waals surface area contributed by atoms with Gasteiger partial charge in [0.1, 0.15) is 18.8 Å². The molecule has 0 saturated carbocycles. The number of carbonyl (C=O) groups is 1. The Hall–Kier alpha value is -1.35. The number of hydrogen-bond acceptors (Lipinski definition) is 8. The van der Waals surface area contributed by atoms with Crippen LogP contribution in [0.5, 0.6) is 0 Å². The van der Waals surface area contributed by atoms with Gasteiger partial charge in [-0.2, -0.15) is 0 Å². The summed E-state index contributed by atoms with van der Waals surface area (Å²) in [4.78, 5) is 12.1. The Kier molecular flexibility index (Phi) is 12.1. The highest BCUT2D eigenvalue weighted by molar-refractivity contribution is 5.89. The minimum atomic E-state index is -1.33. The van der Waals surface area contributed by atoms with Gasteiger partial charge in [0.15, 0.2) is 11.9 Å². The van der Waals surface area contributed by atoms with E-state index in [9.17, 15) is 20.1 Å². The van der Waals surface area contributed by atoms with Crippen LogP contribution < -0.4 is 0 Å². The van der Waals surface area contributed by atoms with E-state index in [-0.39, 0.29) is 24.7 Å². The van der Waals surface area contributed by atoms with Crippen LogP contribution >= 0.6 is 0 Å². The molecule has 0 bridgehead atoms. The minimum Gasteiger partial charge on any atom is -0.487 e. The number of rotatable bonds is 16. The van der Waals surface area contributed by atoms with Gasteiger partial charge < -0.3 is 34.3 Å². The fourth-order valence-electron chi connectivity index (χ4n) is 2.48. The largest absolute Gasteiger partial charge is 0.487 e. The Morgan fingerprint density at radius 1 is 1.00 bits per heavy atom. The van der Waals surface area contributed by atoms with Crippen LogP contribution in [0.15, 0.2) is 11.5 Å². The second-order valence-corrected chi connectivity index (χ2v) is 6.57. The van der Waals surface area contributed by atoms with E-state index in [1.165, 1.54) is 0 Å². The molecule has 158 valence electrons. The highest BCUT2D eigenvalue weighted by Crippen LogP contribution is 2.27. The van der Waals surface area contributed by atoms with Crippen LogP contribution in [0.25, 0.3) is 0 Å². The van der Waals surface area contributed by atoms with Crippen molar-refractivity contribution in [1.29, 1.82) is 0 Å². The molecule has 3 atom stereocenters. The van der Waals surface area contributed by atoms with Crippen molar-refractivity contribution in [2.75, 3.05) is 33.0 Å². The smallest absolute Gasteiger partial charge is 0.378 e. The first-order valence-electron chi connectivity index (χ1n) is 9.80. The van der Waals surface area contributed by atoms with Gasteiger partial charge in [-0.05, 0) is 12.8 Å². The molecule has 1 unspecified atom stereocenters. The van der Waals surface area contributed by atoms with E-state index in [0.29, 0.717) is 13.2 Å². The highest BCUT2D eigenvalue weighted by atomic mass is 16.6. The Bertz CT molecular complexity index is 451. The molecule has 0 radical (unpaired) electrons. The Morgan fingerprint density at radius 3 is 2.41 bits per heavy atom. The summed E-state index contributed by atoms with van der Waals surface area (Å²) in [7, 11) is 0. The molecule has 0 amide bonds. The summed E-state index contributed by atoms with van der Waals surface area (Å²) in [6.45, 7) is 4.37. The summed E-state index contributed by atoms with van der Waals surface area (Å²) in [5.41, 5.74) is 0. The zero-order valence-electron chi connectivity index (χ0n) is 16.4. The van der Waals surface area contributed by atoms with Crippen LogP contribution in [0.4, 0.5) is 0 Å². The minimum absolute atomic E-state index is 0.00431. The second-order valence-electron chi connectivity index (χ2n) is 6.57. The molecular formula is C19H34O8. The standard InChI is InChI=1S/C19H34O8/c1-3-5-7-8-10-25-18-17(16(15(22)11-20)27-19(18)23)26-13-14(21)12-24-9-6-4-2/h14-16,20-22H,3-13H2,1-2H3/t14?,15-,16+/m0/s1. The summed E-state index contributed by atoms with van der Waals surface area (Å²) in [6, 6.07) is 0. The summed E-state index contributed by atoms with van der Waals surface area (Å²) >= 11 is 0. The summed E-state index contributed by atoms with van der Waals surface area (Å²) < 4.78 is 21.5. The molecule has 0 saturated heterocycles. The highest BCUT2D eigenvalue weighted by Gasteiger charge is 2.42. The average molecular weight is 390 g/mol. The van der Waals surface area contributed by atoms with Gasteiger partial charge in [-0.15, -0.1) is 0 Å². The van der Waals surface area contributed by atoms with Gasteiger partial charge >= 0.3 is 5.97 Å². The maximum Gasteiger partial charge on any atom is 0.378 e. The van der Waals surface area contributed by atoms with E-state index < -0.39 is 30.9 Å².